The molecule has 0 aromatic heterocycles. The van der Waals surface area contributed by atoms with E-state index < -0.39 is 26.3 Å². The van der Waals surface area contributed by atoms with Crippen LogP contribution in [0.1, 0.15) is 5.56 Å². The standard InChI is InChI=1S/C13H11FN2O4S/c14-10-5-11(15)7-13(6-10)21(19,20)8-9-1-3-12(4-2-9)16(17)18/h1-7H,8,15H2. The highest BCUT2D eigenvalue weighted by molar-refractivity contribution is 7.90. The quantitative estimate of drug-likeness (QED) is 0.530. The van der Waals surface area contributed by atoms with Crippen LogP contribution in [0.5, 0.6) is 0 Å². The van der Waals surface area contributed by atoms with E-state index in [9.17, 15) is 22.9 Å². The third-order valence-corrected chi connectivity index (χ3v) is 4.42. The summed E-state index contributed by atoms with van der Waals surface area (Å²) in [5, 5.41) is 10.5. The van der Waals surface area contributed by atoms with E-state index >= 15 is 0 Å². The summed E-state index contributed by atoms with van der Waals surface area (Å²) in [7, 11) is -3.78. The molecule has 2 aromatic carbocycles. The van der Waals surface area contributed by atoms with Crippen LogP contribution in [0, 0.1) is 15.9 Å². The van der Waals surface area contributed by atoms with E-state index in [4.69, 9.17) is 5.73 Å². The van der Waals surface area contributed by atoms with Gasteiger partial charge in [-0.05, 0) is 23.8 Å². The fourth-order valence-corrected chi connectivity index (χ4v) is 3.19. The number of hydrogen-bond donors (Lipinski definition) is 1. The van der Waals surface area contributed by atoms with Crippen molar-refractivity contribution in [3.05, 3.63) is 64.0 Å². The number of sulfone groups is 1. The van der Waals surface area contributed by atoms with Gasteiger partial charge in [-0.15, -0.1) is 0 Å². The molecule has 0 saturated heterocycles. The minimum Gasteiger partial charge on any atom is -0.399 e. The van der Waals surface area contributed by atoms with E-state index in [1.165, 1.54) is 30.3 Å². The Bertz CT molecular complexity index is 768. The highest BCUT2D eigenvalue weighted by Crippen LogP contribution is 2.21. The molecule has 2 rings (SSSR count). The Morgan fingerprint density at radius 2 is 1.76 bits per heavy atom. The topological polar surface area (TPSA) is 103 Å². The number of nitro benzene ring substituents is 1. The summed E-state index contributed by atoms with van der Waals surface area (Å²) < 4.78 is 37.6. The average molecular weight is 310 g/mol. The lowest BCUT2D eigenvalue weighted by Gasteiger charge is -2.06. The molecule has 0 saturated carbocycles. The lowest BCUT2D eigenvalue weighted by Crippen LogP contribution is -2.06. The van der Waals surface area contributed by atoms with Gasteiger partial charge in [-0.1, -0.05) is 12.1 Å². The van der Waals surface area contributed by atoms with Gasteiger partial charge in [0.25, 0.3) is 5.69 Å². The predicted molar refractivity (Wildman–Crippen MR) is 74.8 cm³/mol. The molecule has 0 unspecified atom stereocenters. The van der Waals surface area contributed by atoms with Crippen molar-refractivity contribution >= 4 is 21.2 Å². The van der Waals surface area contributed by atoms with Crippen LogP contribution in [0.4, 0.5) is 15.8 Å². The van der Waals surface area contributed by atoms with Crippen molar-refractivity contribution in [2.75, 3.05) is 5.73 Å². The molecule has 0 aliphatic heterocycles. The van der Waals surface area contributed by atoms with Crippen LogP contribution in [-0.4, -0.2) is 13.3 Å². The zero-order chi connectivity index (χ0) is 15.6. The van der Waals surface area contributed by atoms with Crippen molar-refractivity contribution in [2.45, 2.75) is 10.6 Å². The molecule has 0 fully saturated rings. The van der Waals surface area contributed by atoms with Gasteiger partial charge >= 0.3 is 0 Å². The van der Waals surface area contributed by atoms with E-state index in [-0.39, 0.29) is 16.3 Å². The zero-order valence-corrected chi connectivity index (χ0v) is 11.5. The zero-order valence-electron chi connectivity index (χ0n) is 10.7. The summed E-state index contributed by atoms with van der Waals surface area (Å²) in [5.74, 6) is -1.13. The largest absolute Gasteiger partial charge is 0.399 e. The van der Waals surface area contributed by atoms with Gasteiger partial charge in [-0.3, -0.25) is 10.1 Å². The second kappa shape index (κ2) is 5.49. The SMILES string of the molecule is Nc1cc(F)cc(S(=O)(=O)Cc2ccc([N+](=O)[O-])cc2)c1. The van der Waals surface area contributed by atoms with E-state index in [1.54, 1.807) is 0 Å². The molecule has 0 radical (unpaired) electrons. The third-order valence-electron chi connectivity index (χ3n) is 2.76. The van der Waals surface area contributed by atoms with Gasteiger partial charge in [0, 0.05) is 17.8 Å². The molecule has 21 heavy (non-hydrogen) atoms. The number of nitrogens with two attached hydrogens (primary N) is 1. The molecule has 0 aliphatic rings. The number of rotatable bonds is 4. The maximum absolute atomic E-state index is 13.2. The first-order valence-corrected chi connectivity index (χ1v) is 7.45. The Balaban J connectivity index is 2.30. The summed E-state index contributed by atoms with van der Waals surface area (Å²) in [6.45, 7) is 0. The van der Waals surface area contributed by atoms with Crippen molar-refractivity contribution in [1.29, 1.82) is 0 Å². The van der Waals surface area contributed by atoms with Crippen LogP contribution in [-0.2, 0) is 15.6 Å². The predicted octanol–water partition coefficient (Wildman–Crippen LogP) is 2.29. The van der Waals surface area contributed by atoms with Crippen LogP contribution in [0.2, 0.25) is 0 Å². The van der Waals surface area contributed by atoms with E-state index in [0.717, 1.165) is 12.1 Å². The Morgan fingerprint density at radius 3 is 2.29 bits per heavy atom. The molecule has 0 aliphatic carbocycles. The van der Waals surface area contributed by atoms with Crippen molar-refractivity contribution in [3.63, 3.8) is 0 Å². The number of anilines is 1. The fourth-order valence-electron chi connectivity index (χ4n) is 1.78. The van der Waals surface area contributed by atoms with Crippen molar-refractivity contribution in [2.24, 2.45) is 0 Å². The molecule has 2 aromatic rings. The minimum atomic E-state index is -3.78. The molecule has 2 N–H and O–H groups in total. The normalized spacial score (nSPS) is 11.3. The van der Waals surface area contributed by atoms with Gasteiger partial charge in [0.15, 0.2) is 9.84 Å². The second-order valence-corrected chi connectivity index (χ2v) is 6.39. The summed E-state index contributed by atoms with van der Waals surface area (Å²) >= 11 is 0. The van der Waals surface area contributed by atoms with Gasteiger partial charge in [-0.2, -0.15) is 0 Å². The number of benzene rings is 2. The molecule has 8 heteroatoms. The second-order valence-electron chi connectivity index (χ2n) is 4.40. The number of nitro groups is 1. The molecule has 0 atom stereocenters. The molecule has 0 spiro atoms. The van der Waals surface area contributed by atoms with Crippen molar-refractivity contribution in [1.82, 2.24) is 0 Å². The molecule has 110 valence electrons. The molecule has 0 heterocycles. The van der Waals surface area contributed by atoms with Gasteiger partial charge in [-0.25, -0.2) is 12.8 Å². The monoisotopic (exact) mass is 310 g/mol. The van der Waals surface area contributed by atoms with E-state index in [2.05, 4.69) is 0 Å². The van der Waals surface area contributed by atoms with Crippen LogP contribution < -0.4 is 5.73 Å². The number of hydrogen-bond acceptors (Lipinski definition) is 5. The van der Waals surface area contributed by atoms with Crippen LogP contribution >= 0.6 is 0 Å². The van der Waals surface area contributed by atoms with Crippen LogP contribution in [0.3, 0.4) is 0 Å². The van der Waals surface area contributed by atoms with Gasteiger partial charge in [0.05, 0.1) is 15.6 Å². The Morgan fingerprint density at radius 1 is 1.14 bits per heavy atom. The number of nitrogens with zero attached hydrogens (tertiary/aromatic N) is 1. The first-order valence-electron chi connectivity index (χ1n) is 5.80. The molecule has 0 amide bonds. The Kier molecular flexibility index (Phi) is 3.90. The number of non-ortho nitro benzene ring substituents is 1. The highest BCUT2D eigenvalue weighted by Gasteiger charge is 2.17. The molecular weight excluding hydrogens is 299 g/mol. The highest BCUT2D eigenvalue weighted by atomic mass is 32.2. The van der Waals surface area contributed by atoms with Crippen LogP contribution in [0.15, 0.2) is 47.4 Å². The first-order chi connectivity index (χ1) is 9.78. The summed E-state index contributed by atoms with van der Waals surface area (Å²) in [4.78, 5) is 9.72. The lowest BCUT2D eigenvalue weighted by atomic mass is 10.2. The van der Waals surface area contributed by atoms with Crippen molar-refractivity contribution < 1.29 is 17.7 Å². The number of nitrogen functional groups attached to an aromatic ring is 1. The van der Waals surface area contributed by atoms with Crippen molar-refractivity contribution in [3.8, 4) is 0 Å². The lowest BCUT2D eigenvalue weighted by molar-refractivity contribution is -0.384. The van der Waals surface area contributed by atoms with E-state index in [1.807, 2.05) is 0 Å². The Hall–Kier alpha value is -2.48. The minimum absolute atomic E-state index is 0.0114. The summed E-state index contributed by atoms with van der Waals surface area (Å²) in [6, 6.07) is 8.19. The fraction of sp³-hybridized carbons (Fsp3) is 0.0769. The molecule has 0 bridgehead atoms. The summed E-state index contributed by atoms with van der Waals surface area (Å²) in [5.41, 5.74) is 5.67. The van der Waals surface area contributed by atoms with E-state index in [0.29, 0.717) is 5.56 Å². The first kappa shape index (κ1) is 14.9. The third kappa shape index (κ3) is 3.54. The maximum atomic E-state index is 13.2. The van der Waals surface area contributed by atoms with Crippen LogP contribution in [0.25, 0.3) is 0 Å². The van der Waals surface area contributed by atoms with Gasteiger partial charge < -0.3 is 5.73 Å². The Labute approximate surface area is 120 Å². The number of halogens is 1. The smallest absolute Gasteiger partial charge is 0.269 e. The summed E-state index contributed by atoms with van der Waals surface area (Å²) in [6.07, 6.45) is 0. The maximum Gasteiger partial charge on any atom is 0.269 e. The average Bonchev–Trinajstić information content (AvgIpc) is 2.37. The molecule has 6 nitrogen and oxygen atoms in total. The molecular formula is C13H11FN2O4S. The van der Waals surface area contributed by atoms with Gasteiger partial charge in [0.2, 0.25) is 0 Å². The van der Waals surface area contributed by atoms with Gasteiger partial charge in [0.1, 0.15) is 5.82 Å².